The quantitative estimate of drug-likeness (QED) is 0.0847. The minimum Gasteiger partial charge on any atom is -0.358 e. The normalized spacial score (nSPS) is 12.3. The molecule has 0 aliphatic rings. The molecular formula is C31H31Au2N2P2S2-2. The Kier molecular flexibility index (Phi) is 15.3. The van der Waals surface area contributed by atoms with Crippen molar-refractivity contribution in [3.8, 4) is 10.8 Å². The minimum atomic E-state index is -2.93. The third-order valence-corrected chi connectivity index (χ3v) is 18.6. The van der Waals surface area contributed by atoms with E-state index in [1.807, 2.05) is 121 Å². The van der Waals surface area contributed by atoms with Crippen LogP contribution in [0.15, 0.2) is 121 Å². The van der Waals surface area contributed by atoms with E-state index in [0.717, 1.165) is 21.2 Å². The van der Waals surface area contributed by atoms with Crippen LogP contribution in [-0.2, 0) is 44.8 Å². The molecule has 0 heterocycles. The number of thiocyanates is 2. The number of nitrogens with zero attached hydrogens (tertiary/aromatic N) is 2. The predicted octanol–water partition coefficient (Wildman–Crippen LogP) is 8.25. The fraction of sp³-hybridized carbons (Fsp3) is 0. The van der Waals surface area contributed by atoms with Crippen LogP contribution in [0.2, 0.25) is 0 Å². The van der Waals surface area contributed by atoms with Crippen molar-refractivity contribution in [2.75, 3.05) is 0 Å². The van der Waals surface area contributed by atoms with Crippen molar-refractivity contribution >= 4 is 55.6 Å². The molecule has 0 aromatic heterocycles. The van der Waals surface area contributed by atoms with Crippen LogP contribution in [-0.4, -0.2) is 0 Å². The van der Waals surface area contributed by atoms with Gasteiger partial charge >= 0.3 is 247 Å². The molecule has 0 spiro atoms. The maximum Gasteiger partial charge on any atom is -0.358 e. The van der Waals surface area contributed by atoms with Gasteiger partial charge in [0.2, 0.25) is 0 Å². The number of hydrogen-bond acceptors (Lipinski definition) is 4. The molecule has 211 valence electrons. The van der Waals surface area contributed by atoms with Gasteiger partial charge in [-0.3, -0.25) is 0 Å². The van der Waals surface area contributed by atoms with Crippen molar-refractivity contribution in [3.63, 3.8) is 0 Å². The van der Waals surface area contributed by atoms with Gasteiger partial charge in [-0.25, -0.2) is 0 Å². The average molecular weight is 952 g/mol. The van der Waals surface area contributed by atoms with E-state index in [9.17, 15) is 0 Å². The average Bonchev–Trinajstić information content (AvgIpc) is 2.91. The van der Waals surface area contributed by atoms with Crippen LogP contribution in [0.25, 0.3) is 0 Å². The molecular weight excluding hydrogens is 920 g/mol. The standard InChI is InChI=1S/2C15H14NPS.CH3.2Au/c2*1-17(2,18-13-16,14-9-5-3-6-10-14)15-11-7-4-8-12-15;;;/h2*3-12H,1-2H2;1H3;;/q2*-2;-1;;+3. The fourth-order valence-electron chi connectivity index (χ4n) is 3.80. The number of nitriles is 2. The van der Waals surface area contributed by atoms with Gasteiger partial charge in [-0.15, -0.1) is 0 Å². The first kappa shape index (κ1) is 37.9. The Morgan fingerprint density at radius 1 is 0.462 bits per heavy atom. The Bertz CT molecular complexity index is 1180. The Morgan fingerprint density at radius 3 is 0.795 bits per heavy atom. The second kappa shape index (κ2) is 15.8. The molecule has 4 rings (SSSR count). The van der Waals surface area contributed by atoms with Gasteiger partial charge in [0.05, 0.1) is 0 Å². The molecule has 0 bridgehead atoms. The first-order valence-electron chi connectivity index (χ1n) is 11.0. The molecule has 4 aromatic carbocycles. The van der Waals surface area contributed by atoms with Gasteiger partial charge in [-0.2, -0.15) is 0 Å². The topological polar surface area (TPSA) is 47.6 Å². The van der Waals surface area contributed by atoms with E-state index < -0.39 is 11.6 Å². The van der Waals surface area contributed by atoms with Crippen LogP contribution in [0.3, 0.4) is 0 Å². The molecule has 0 saturated carbocycles. The van der Waals surface area contributed by atoms with E-state index in [2.05, 4.69) is 37.5 Å². The van der Waals surface area contributed by atoms with Gasteiger partial charge in [0, 0.05) is 22.4 Å². The summed E-state index contributed by atoms with van der Waals surface area (Å²) in [7, 11) is 0. The zero-order valence-corrected chi connectivity index (χ0v) is 29.3. The monoisotopic (exact) mass is 951 g/mol. The van der Waals surface area contributed by atoms with Gasteiger partial charge < -0.3 is 7.43 Å². The molecule has 4 aromatic rings. The molecule has 0 atom stereocenters. The first-order chi connectivity index (χ1) is 17.1. The molecule has 0 fully saturated rings. The van der Waals surface area contributed by atoms with Gasteiger partial charge in [0.15, 0.2) is 0 Å². The number of rotatable bonds is 6. The number of hydrogen-bond donors (Lipinski definition) is 0. The van der Waals surface area contributed by atoms with E-state index in [1.54, 1.807) is 0 Å². The van der Waals surface area contributed by atoms with Gasteiger partial charge in [-0.05, 0) is 0 Å². The third kappa shape index (κ3) is 8.46. The van der Waals surface area contributed by atoms with Crippen LogP contribution in [0, 0.1) is 55.4 Å². The molecule has 0 amide bonds. The van der Waals surface area contributed by atoms with E-state index in [-0.39, 0.29) is 52.2 Å². The molecule has 1 radical (unpaired) electrons. The molecule has 8 heteroatoms. The van der Waals surface area contributed by atoms with Gasteiger partial charge in [0.1, 0.15) is 0 Å². The van der Waals surface area contributed by atoms with Gasteiger partial charge in [-0.1, -0.05) is 0 Å². The third-order valence-electron chi connectivity index (χ3n) is 5.95. The molecule has 0 saturated heterocycles. The summed E-state index contributed by atoms with van der Waals surface area (Å²) in [5, 5.41) is 26.9. The van der Waals surface area contributed by atoms with Crippen molar-refractivity contribution in [3.05, 3.63) is 155 Å². The summed E-state index contributed by atoms with van der Waals surface area (Å²) in [6.45, 7) is 17.6. The van der Waals surface area contributed by atoms with E-state index in [4.69, 9.17) is 10.5 Å². The SMILES string of the molecule is [Au+3].[Au].[CH2-]P([CH2-])(SC#N)(c1ccccc1)c1ccccc1.[CH2-]P([CH2-])(SC#N)(c1ccccc1)c1ccccc1.[CH3-]. The van der Waals surface area contributed by atoms with Crippen LogP contribution >= 0.6 is 34.4 Å². The smallest absolute Gasteiger partial charge is 0.358 e. The van der Waals surface area contributed by atoms with Crippen molar-refractivity contribution in [1.82, 2.24) is 0 Å². The first-order valence-corrected chi connectivity index (χ1v) is 19.1. The Labute approximate surface area is 274 Å². The second-order valence-corrected chi connectivity index (χ2v) is 23.3. The maximum atomic E-state index is 9.16. The van der Waals surface area contributed by atoms with E-state index in [1.165, 1.54) is 22.8 Å². The van der Waals surface area contributed by atoms with Gasteiger partial charge in [0.25, 0.3) is 0 Å². The van der Waals surface area contributed by atoms with E-state index >= 15 is 0 Å². The summed E-state index contributed by atoms with van der Waals surface area (Å²) < 4.78 is 0. The Balaban J connectivity index is 0.000000688. The summed E-state index contributed by atoms with van der Waals surface area (Å²) in [6.07, 6.45) is 0. The van der Waals surface area contributed by atoms with Crippen molar-refractivity contribution in [2.45, 2.75) is 0 Å². The molecule has 0 aliphatic carbocycles. The largest absolute Gasteiger partial charge is 0.358 e. The van der Waals surface area contributed by atoms with Crippen LogP contribution < -0.4 is 21.2 Å². The Morgan fingerprint density at radius 2 is 0.641 bits per heavy atom. The van der Waals surface area contributed by atoms with Crippen LogP contribution in [0.4, 0.5) is 0 Å². The van der Waals surface area contributed by atoms with Crippen molar-refractivity contribution in [1.29, 1.82) is 10.5 Å². The van der Waals surface area contributed by atoms with E-state index in [0.29, 0.717) is 0 Å². The summed E-state index contributed by atoms with van der Waals surface area (Å²) in [5.74, 6) is -5.86. The second-order valence-electron chi connectivity index (χ2n) is 8.52. The molecule has 39 heavy (non-hydrogen) atoms. The minimum absolute atomic E-state index is 0. The Hall–Kier alpha value is -1.10. The van der Waals surface area contributed by atoms with Crippen LogP contribution in [0.5, 0.6) is 0 Å². The predicted molar refractivity (Wildman–Crippen MR) is 172 cm³/mol. The summed E-state index contributed by atoms with van der Waals surface area (Å²) in [4.78, 5) is 0. The summed E-state index contributed by atoms with van der Waals surface area (Å²) >= 11 is 2.40. The zero-order chi connectivity index (χ0) is 26.2. The maximum absolute atomic E-state index is 9.16. The molecule has 0 unspecified atom stereocenters. The molecule has 0 aliphatic heterocycles. The fourth-order valence-corrected chi connectivity index (χ4v) is 12.6. The summed E-state index contributed by atoms with van der Waals surface area (Å²) in [6, 6.07) is 39.6. The van der Waals surface area contributed by atoms with Crippen molar-refractivity contribution < 1.29 is 44.8 Å². The number of benzene rings is 4. The zero-order valence-electron chi connectivity index (χ0n) is 21.6. The molecule has 2 nitrogen and oxygen atoms in total. The van der Waals surface area contributed by atoms with Crippen LogP contribution in [0.1, 0.15) is 0 Å². The summed E-state index contributed by atoms with van der Waals surface area (Å²) in [5.41, 5.74) is 0. The van der Waals surface area contributed by atoms with Crippen molar-refractivity contribution in [2.24, 2.45) is 0 Å². The molecule has 0 N–H and O–H groups in total.